The van der Waals surface area contributed by atoms with E-state index in [4.69, 9.17) is 4.74 Å². The number of hydrogen-bond donors (Lipinski definition) is 2. The molecule has 0 saturated carbocycles. The zero-order valence-electron chi connectivity index (χ0n) is 18.3. The quantitative estimate of drug-likeness (QED) is 0.729. The second kappa shape index (κ2) is 8.04. The van der Waals surface area contributed by atoms with Crippen LogP contribution in [0.5, 0.6) is 0 Å². The Hall–Kier alpha value is -1.80. The number of nitrogens with one attached hydrogen (secondary N) is 1. The Balaban J connectivity index is 1.91. The normalized spacial score (nSPS) is 19.8. The average molecular weight is 436 g/mol. The van der Waals surface area contributed by atoms with Crippen LogP contribution in [0.3, 0.4) is 0 Å². The number of ether oxygens (including phenoxy) is 1. The highest BCUT2D eigenvalue weighted by atomic mass is 32.2. The third-order valence-electron chi connectivity index (χ3n) is 5.56. The molecule has 0 bridgehead atoms. The van der Waals surface area contributed by atoms with E-state index in [-0.39, 0.29) is 16.6 Å². The van der Waals surface area contributed by atoms with Crippen molar-refractivity contribution in [1.29, 1.82) is 0 Å². The number of fused-ring (bicyclic) bond motifs is 1. The van der Waals surface area contributed by atoms with E-state index in [0.717, 1.165) is 16.7 Å². The minimum absolute atomic E-state index is 0.105. The molecule has 0 aromatic heterocycles. The second-order valence-electron chi connectivity index (χ2n) is 8.85. The van der Waals surface area contributed by atoms with Crippen molar-refractivity contribution in [3.63, 3.8) is 0 Å². The number of aryl methyl sites for hydroxylation is 1. The van der Waals surface area contributed by atoms with Crippen molar-refractivity contribution >= 4 is 10.0 Å². The molecule has 1 heterocycles. The molecule has 5 nitrogen and oxygen atoms in total. The molecular weight excluding hydrogens is 405 g/mol. The number of sulfonamides is 1. The van der Waals surface area contributed by atoms with Gasteiger partial charge in [0.05, 0.1) is 16.6 Å². The number of halogens is 1. The zero-order valence-corrected chi connectivity index (χ0v) is 19.1. The van der Waals surface area contributed by atoms with Crippen molar-refractivity contribution in [3.8, 4) is 0 Å². The summed E-state index contributed by atoms with van der Waals surface area (Å²) in [6, 6.07) is 7.78. The van der Waals surface area contributed by atoms with Gasteiger partial charge in [0.25, 0.3) is 0 Å². The van der Waals surface area contributed by atoms with Crippen molar-refractivity contribution in [3.05, 3.63) is 64.0 Å². The van der Waals surface area contributed by atoms with Crippen LogP contribution in [0.2, 0.25) is 0 Å². The summed E-state index contributed by atoms with van der Waals surface area (Å²) in [6.45, 7) is 10.8. The van der Waals surface area contributed by atoms with E-state index in [1.165, 1.54) is 18.2 Å². The summed E-state index contributed by atoms with van der Waals surface area (Å²) in [5.74, 6) is -0.205. The Bertz CT molecular complexity index is 1040. The maximum Gasteiger partial charge on any atom is 0.242 e. The van der Waals surface area contributed by atoms with Crippen molar-refractivity contribution in [2.45, 2.75) is 76.7 Å². The summed E-state index contributed by atoms with van der Waals surface area (Å²) in [6.07, 6.45) is -0.866. The predicted molar refractivity (Wildman–Crippen MR) is 114 cm³/mol. The van der Waals surface area contributed by atoms with Gasteiger partial charge in [0.1, 0.15) is 12.0 Å². The maximum absolute atomic E-state index is 14.1. The molecule has 1 aliphatic heterocycles. The highest BCUT2D eigenvalue weighted by molar-refractivity contribution is 7.89. The van der Waals surface area contributed by atoms with Gasteiger partial charge in [-0.2, -0.15) is 4.72 Å². The lowest BCUT2D eigenvalue weighted by Gasteiger charge is -2.33. The molecule has 0 radical (unpaired) electrons. The van der Waals surface area contributed by atoms with E-state index in [0.29, 0.717) is 17.5 Å². The molecule has 0 amide bonds. The largest absolute Gasteiger partial charge is 0.386 e. The lowest BCUT2D eigenvalue weighted by molar-refractivity contribution is -0.0217. The van der Waals surface area contributed by atoms with Crippen LogP contribution in [-0.2, 0) is 26.8 Å². The Kier molecular flexibility index (Phi) is 6.13. The number of rotatable bonds is 5. The summed E-state index contributed by atoms with van der Waals surface area (Å²) < 4.78 is 48.7. The van der Waals surface area contributed by atoms with Crippen LogP contribution >= 0.6 is 0 Å². The predicted octanol–water partition coefficient (Wildman–Crippen LogP) is 4.42. The van der Waals surface area contributed by atoms with Crippen LogP contribution in [0, 0.1) is 12.7 Å². The molecule has 2 aromatic rings. The molecule has 2 unspecified atom stereocenters. The molecule has 30 heavy (non-hydrogen) atoms. The monoisotopic (exact) mass is 435 g/mol. The van der Waals surface area contributed by atoms with Crippen LogP contribution in [0.15, 0.2) is 35.2 Å². The van der Waals surface area contributed by atoms with E-state index < -0.39 is 28.0 Å². The number of benzene rings is 2. The lowest BCUT2D eigenvalue weighted by Crippen LogP contribution is -2.42. The molecule has 0 aliphatic carbocycles. The fourth-order valence-corrected chi connectivity index (χ4v) is 5.33. The highest BCUT2D eigenvalue weighted by Gasteiger charge is 2.32. The SMILES string of the molecule is Cc1cc(C(C)(C)O)ccc1S(=O)(=O)NC1Cc2c(C(C)C)cc(F)cc2C(C)O1. The Morgan fingerprint density at radius 2 is 1.90 bits per heavy atom. The molecule has 2 aromatic carbocycles. The minimum atomic E-state index is -3.85. The van der Waals surface area contributed by atoms with Gasteiger partial charge in [0.2, 0.25) is 10.0 Å². The molecule has 2 N–H and O–H groups in total. The second-order valence-corrected chi connectivity index (χ2v) is 10.5. The summed E-state index contributed by atoms with van der Waals surface area (Å²) in [5.41, 5.74) is 2.69. The first kappa shape index (κ1) is 22.9. The van der Waals surface area contributed by atoms with Gasteiger partial charge in [-0.25, -0.2) is 12.8 Å². The lowest BCUT2D eigenvalue weighted by atomic mass is 9.87. The van der Waals surface area contributed by atoms with Crippen molar-refractivity contribution in [1.82, 2.24) is 4.72 Å². The van der Waals surface area contributed by atoms with Gasteiger partial charge < -0.3 is 9.84 Å². The van der Waals surface area contributed by atoms with Crippen LogP contribution in [0.4, 0.5) is 4.39 Å². The number of hydrogen-bond acceptors (Lipinski definition) is 4. The first-order valence-corrected chi connectivity index (χ1v) is 11.6. The van der Waals surface area contributed by atoms with Crippen molar-refractivity contribution in [2.75, 3.05) is 0 Å². The summed E-state index contributed by atoms with van der Waals surface area (Å²) in [7, 11) is -3.85. The zero-order chi connectivity index (χ0) is 22.4. The van der Waals surface area contributed by atoms with Gasteiger partial charge >= 0.3 is 0 Å². The molecule has 3 rings (SSSR count). The molecule has 0 spiro atoms. The van der Waals surface area contributed by atoms with Gasteiger partial charge in [0.15, 0.2) is 0 Å². The van der Waals surface area contributed by atoms with Crippen LogP contribution in [0.1, 0.15) is 74.5 Å². The molecule has 7 heteroatoms. The van der Waals surface area contributed by atoms with Gasteiger partial charge in [0, 0.05) is 6.42 Å². The summed E-state index contributed by atoms with van der Waals surface area (Å²) in [4.78, 5) is 0.140. The molecule has 0 fully saturated rings. The van der Waals surface area contributed by atoms with Gasteiger partial charge in [-0.05, 0) is 79.6 Å². The first-order valence-electron chi connectivity index (χ1n) is 10.1. The minimum Gasteiger partial charge on any atom is -0.386 e. The average Bonchev–Trinajstić information content (AvgIpc) is 2.60. The fourth-order valence-electron chi connectivity index (χ4n) is 3.98. The summed E-state index contributed by atoms with van der Waals surface area (Å²) >= 11 is 0. The Morgan fingerprint density at radius 1 is 1.23 bits per heavy atom. The molecular formula is C23H30FNO4S. The van der Waals surface area contributed by atoms with Gasteiger partial charge in [-0.1, -0.05) is 26.0 Å². The van der Waals surface area contributed by atoms with E-state index in [1.807, 2.05) is 13.8 Å². The van der Waals surface area contributed by atoms with Gasteiger partial charge in [-0.15, -0.1) is 0 Å². The fraction of sp³-hybridized carbons (Fsp3) is 0.478. The van der Waals surface area contributed by atoms with Gasteiger partial charge in [-0.3, -0.25) is 0 Å². The van der Waals surface area contributed by atoms with Crippen LogP contribution < -0.4 is 4.72 Å². The van der Waals surface area contributed by atoms with Crippen molar-refractivity contribution in [2.24, 2.45) is 0 Å². The Morgan fingerprint density at radius 3 is 2.47 bits per heavy atom. The topological polar surface area (TPSA) is 75.6 Å². The van der Waals surface area contributed by atoms with E-state index in [1.54, 1.807) is 39.8 Å². The first-order chi connectivity index (χ1) is 13.8. The van der Waals surface area contributed by atoms with E-state index >= 15 is 0 Å². The molecule has 1 aliphatic rings. The van der Waals surface area contributed by atoms with Crippen molar-refractivity contribution < 1.29 is 22.7 Å². The third kappa shape index (κ3) is 4.59. The third-order valence-corrected chi connectivity index (χ3v) is 7.17. The highest BCUT2D eigenvalue weighted by Crippen LogP contribution is 2.35. The standard InChI is InChI=1S/C23H30FNO4S/c1-13(2)18-10-17(24)11-19-15(4)29-22(12-20(18)19)25-30(27,28)21-8-7-16(9-14(21)3)23(5,6)26/h7-11,13,15,22,25-26H,12H2,1-6H3. The van der Waals surface area contributed by atoms with E-state index in [9.17, 15) is 17.9 Å². The van der Waals surface area contributed by atoms with E-state index in [2.05, 4.69) is 4.72 Å². The Labute approximate surface area is 178 Å². The van der Waals surface area contributed by atoms with Crippen LogP contribution in [0.25, 0.3) is 0 Å². The molecule has 0 saturated heterocycles. The smallest absolute Gasteiger partial charge is 0.242 e. The number of aliphatic hydroxyl groups is 1. The molecule has 164 valence electrons. The summed E-state index contributed by atoms with van der Waals surface area (Å²) in [5, 5.41) is 10.2. The van der Waals surface area contributed by atoms with Crippen LogP contribution in [-0.4, -0.2) is 19.8 Å². The molecule has 2 atom stereocenters. The maximum atomic E-state index is 14.1.